The molecule has 1 saturated heterocycles. The number of rotatable bonds is 6. The molecule has 0 unspecified atom stereocenters. The summed E-state index contributed by atoms with van der Waals surface area (Å²) < 4.78 is 33.7. The molecule has 0 bridgehead atoms. The van der Waals surface area contributed by atoms with E-state index in [4.69, 9.17) is 4.42 Å². The highest BCUT2D eigenvalue weighted by molar-refractivity contribution is 7.89. The van der Waals surface area contributed by atoms with Crippen LogP contribution in [0.25, 0.3) is 6.08 Å². The van der Waals surface area contributed by atoms with Gasteiger partial charge >= 0.3 is 0 Å². The second-order valence-corrected chi connectivity index (χ2v) is 8.09. The lowest BCUT2D eigenvalue weighted by Crippen LogP contribution is -2.40. The highest BCUT2D eigenvalue weighted by Gasteiger charge is 2.24. The number of likely N-dealkylation sites (tertiary alicyclic amines) is 1. The minimum Gasteiger partial charge on any atom is -0.465 e. The molecular weight excluding hydrogens is 356 g/mol. The van der Waals surface area contributed by atoms with Crippen molar-refractivity contribution in [3.63, 3.8) is 0 Å². The van der Waals surface area contributed by atoms with Gasteiger partial charge in [0, 0.05) is 39.0 Å². The molecular formula is C17H22N4O4S. The predicted molar refractivity (Wildman–Crippen MR) is 95.4 cm³/mol. The Hall–Kier alpha value is -2.39. The number of carbonyl (C=O) groups is 1. The van der Waals surface area contributed by atoms with E-state index in [0.717, 1.165) is 12.8 Å². The van der Waals surface area contributed by atoms with E-state index in [1.807, 2.05) is 0 Å². The number of hydrogen-bond acceptors (Lipinski definition) is 5. The van der Waals surface area contributed by atoms with Gasteiger partial charge in [-0.1, -0.05) is 0 Å². The highest BCUT2D eigenvalue weighted by Crippen LogP contribution is 2.18. The molecule has 1 aliphatic rings. The van der Waals surface area contributed by atoms with Crippen molar-refractivity contribution in [1.82, 2.24) is 19.4 Å². The Morgan fingerprint density at radius 3 is 2.81 bits per heavy atom. The molecule has 1 amide bonds. The Morgan fingerprint density at radius 1 is 1.42 bits per heavy atom. The molecule has 2 aromatic heterocycles. The van der Waals surface area contributed by atoms with Crippen molar-refractivity contribution in [3.05, 3.63) is 42.6 Å². The number of sulfonamides is 1. The van der Waals surface area contributed by atoms with Crippen molar-refractivity contribution in [2.75, 3.05) is 19.6 Å². The molecule has 0 radical (unpaired) electrons. The van der Waals surface area contributed by atoms with E-state index in [0.29, 0.717) is 25.4 Å². The summed E-state index contributed by atoms with van der Waals surface area (Å²) in [6, 6.07) is 3.55. The van der Waals surface area contributed by atoms with Crippen LogP contribution in [0.1, 0.15) is 18.6 Å². The van der Waals surface area contributed by atoms with Crippen LogP contribution in [-0.4, -0.2) is 48.6 Å². The third-order valence-corrected chi connectivity index (χ3v) is 5.79. The van der Waals surface area contributed by atoms with Gasteiger partial charge in [-0.15, -0.1) is 0 Å². The van der Waals surface area contributed by atoms with Gasteiger partial charge in [-0.2, -0.15) is 5.10 Å². The van der Waals surface area contributed by atoms with Crippen LogP contribution in [0.5, 0.6) is 0 Å². The first-order valence-corrected chi connectivity index (χ1v) is 9.91. The molecule has 0 aromatic carbocycles. The number of furan rings is 1. The Balaban J connectivity index is 1.46. The van der Waals surface area contributed by atoms with Crippen LogP contribution in [0.3, 0.4) is 0 Å². The average molecular weight is 378 g/mol. The van der Waals surface area contributed by atoms with E-state index >= 15 is 0 Å². The van der Waals surface area contributed by atoms with E-state index < -0.39 is 10.0 Å². The maximum atomic E-state index is 12.2. The Bertz CT molecular complexity index is 862. The molecule has 1 fully saturated rings. The fourth-order valence-electron chi connectivity index (χ4n) is 2.85. The molecule has 0 saturated carbocycles. The molecule has 8 nitrogen and oxygen atoms in total. The smallest absolute Gasteiger partial charge is 0.246 e. The third-order valence-electron chi connectivity index (χ3n) is 4.41. The zero-order valence-corrected chi connectivity index (χ0v) is 15.4. The first-order valence-electron chi connectivity index (χ1n) is 8.43. The second-order valence-electron chi connectivity index (χ2n) is 6.32. The summed E-state index contributed by atoms with van der Waals surface area (Å²) in [5.74, 6) is 0.786. The normalized spacial score (nSPS) is 16.4. The molecule has 3 rings (SSSR count). The van der Waals surface area contributed by atoms with Gasteiger partial charge in [0.1, 0.15) is 10.7 Å². The molecule has 9 heteroatoms. The summed E-state index contributed by atoms with van der Waals surface area (Å²) in [4.78, 5) is 14.1. The van der Waals surface area contributed by atoms with E-state index in [9.17, 15) is 13.2 Å². The van der Waals surface area contributed by atoms with Crippen LogP contribution in [0, 0.1) is 5.92 Å². The van der Waals surface area contributed by atoms with Crippen LogP contribution in [-0.2, 0) is 21.9 Å². The number of nitrogens with one attached hydrogen (secondary N) is 1. The predicted octanol–water partition coefficient (Wildman–Crippen LogP) is 1.24. The number of hydrogen-bond donors (Lipinski definition) is 1. The molecule has 1 aliphatic heterocycles. The first kappa shape index (κ1) is 18.4. The van der Waals surface area contributed by atoms with Crippen molar-refractivity contribution < 1.29 is 17.6 Å². The summed E-state index contributed by atoms with van der Waals surface area (Å²) in [5, 5.41) is 3.88. The Kier molecular flexibility index (Phi) is 5.58. The van der Waals surface area contributed by atoms with Gasteiger partial charge in [-0.25, -0.2) is 13.1 Å². The number of nitrogens with zero attached hydrogens (tertiary/aromatic N) is 3. The van der Waals surface area contributed by atoms with E-state index in [1.165, 1.54) is 23.2 Å². The third kappa shape index (κ3) is 4.61. The van der Waals surface area contributed by atoms with Gasteiger partial charge in [0.05, 0.1) is 12.5 Å². The minimum absolute atomic E-state index is 0.0595. The summed E-state index contributed by atoms with van der Waals surface area (Å²) in [7, 11) is -1.87. The van der Waals surface area contributed by atoms with Gasteiger partial charge in [0.25, 0.3) is 0 Å². The average Bonchev–Trinajstić information content (AvgIpc) is 3.30. The topological polar surface area (TPSA) is 97.4 Å². The molecule has 140 valence electrons. The standard InChI is InChI=1S/C17H22N4O4S/c1-20-13-16(12-18-20)26(23,24)19-11-14-6-8-21(9-7-14)17(22)5-4-15-3-2-10-25-15/h2-5,10,12-14,19H,6-9,11H2,1H3. The van der Waals surface area contributed by atoms with Crippen LogP contribution in [0.2, 0.25) is 0 Å². The largest absolute Gasteiger partial charge is 0.465 e. The van der Waals surface area contributed by atoms with Crippen LogP contribution in [0.4, 0.5) is 0 Å². The second kappa shape index (κ2) is 7.88. The van der Waals surface area contributed by atoms with Crippen molar-refractivity contribution in [1.29, 1.82) is 0 Å². The number of carbonyl (C=O) groups excluding carboxylic acids is 1. The Labute approximate surface area is 152 Å². The number of amides is 1. The summed E-state index contributed by atoms with van der Waals surface area (Å²) in [6.07, 6.45) is 9.03. The minimum atomic E-state index is -3.54. The van der Waals surface area contributed by atoms with Gasteiger partial charge in [-0.05, 0) is 37.0 Å². The summed E-state index contributed by atoms with van der Waals surface area (Å²) >= 11 is 0. The number of aromatic nitrogens is 2. The Morgan fingerprint density at radius 2 is 2.19 bits per heavy atom. The van der Waals surface area contributed by atoms with Crippen LogP contribution in [0.15, 0.2) is 46.2 Å². The first-order chi connectivity index (χ1) is 12.4. The van der Waals surface area contributed by atoms with Crippen molar-refractivity contribution in [3.8, 4) is 0 Å². The number of aryl methyl sites for hydroxylation is 1. The lowest BCUT2D eigenvalue weighted by Gasteiger charge is -2.31. The molecule has 3 heterocycles. The van der Waals surface area contributed by atoms with E-state index in [-0.39, 0.29) is 16.7 Å². The molecule has 0 atom stereocenters. The lowest BCUT2D eigenvalue weighted by molar-refractivity contribution is -0.127. The number of piperidine rings is 1. The van der Waals surface area contributed by atoms with Crippen LogP contribution < -0.4 is 4.72 Å². The fourth-order valence-corrected chi connectivity index (χ4v) is 3.95. The van der Waals surface area contributed by atoms with Crippen molar-refractivity contribution >= 4 is 22.0 Å². The zero-order chi connectivity index (χ0) is 18.6. The summed E-state index contributed by atoms with van der Waals surface area (Å²) in [5.41, 5.74) is 0. The van der Waals surface area contributed by atoms with Crippen molar-refractivity contribution in [2.45, 2.75) is 17.7 Å². The quantitative estimate of drug-likeness (QED) is 0.763. The monoisotopic (exact) mass is 378 g/mol. The molecule has 0 aliphatic carbocycles. The molecule has 26 heavy (non-hydrogen) atoms. The van der Waals surface area contributed by atoms with Gasteiger partial charge in [0.15, 0.2) is 0 Å². The van der Waals surface area contributed by atoms with Gasteiger partial charge in [-0.3, -0.25) is 9.48 Å². The van der Waals surface area contributed by atoms with E-state index in [2.05, 4.69) is 9.82 Å². The SMILES string of the molecule is Cn1cc(S(=O)(=O)NCC2CCN(C(=O)C=Cc3ccco3)CC2)cn1. The fraction of sp³-hybridized carbons (Fsp3) is 0.412. The van der Waals surface area contributed by atoms with Gasteiger partial charge < -0.3 is 9.32 Å². The summed E-state index contributed by atoms with van der Waals surface area (Å²) in [6.45, 7) is 1.59. The van der Waals surface area contributed by atoms with Crippen LogP contribution >= 0.6 is 0 Å². The zero-order valence-electron chi connectivity index (χ0n) is 14.5. The lowest BCUT2D eigenvalue weighted by atomic mass is 9.97. The maximum absolute atomic E-state index is 12.2. The molecule has 2 aromatic rings. The molecule has 0 spiro atoms. The maximum Gasteiger partial charge on any atom is 0.246 e. The van der Waals surface area contributed by atoms with E-state index in [1.54, 1.807) is 36.4 Å². The highest BCUT2D eigenvalue weighted by atomic mass is 32.2. The van der Waals surface area contributed by atoms with Gasteiger partial charge in [0.2, 0.25) is 15.9 Å². The molecule has 1 N–H and O–H groups in total. The van der Waals surface area contributed by atoms with Crippen molar-refractivity contribution in [2.24, 2.45) is 13.0 Å².